The molecule has 8 aliphatic heterocycles. The summed E-state index contributed by atoms with van der Waals surface area (Å²) in [6.45, 7) is 12.1. The number of carboxylic acids is 2. The summed E-state index contributed by atoms with van der Waals surface area (Å²) >= 11 is 0. The average Bonchev–Trinajstić information content (AvgIpc) is 3.49. The number of esters is 2. The fourth-order valence-electron chi connectivity index (χ4n) is 10.8. The second-order valence-corrected chi connectivity index (χ2v) is 17.3. The highest BCUT2D eigenvalue weighted by Gasteiger charge is 2.71. The quantitative estimate of drug-likeness (QED) is 0.241. The summed E-state index contributed by atoms with van der Waals surface area (Å²) < 4.78 is 35.6. The Hall–Kier alpha value is -2.44. The molecule has 0 aromatic heterocycles. The maximum atomic E-state index is 12.1. The molecule has 10 aliphatic rings. The van der Waals surface area contributed by atoms with E-state index in [4.69, 9.17) is 58.2 Å². The van der Waals surface area contributed by atoms with Crippen LogP contribution in [0, 0.1) is 47.3 Å². The molecule has 10 rings (SSSR count). The summed E-state index contributed by atoms with van der Waals surface area (Å²) in [6.07, 6.45) is 3.44. The molecule has 0 unspecified atom stereocenters. The molecule has 10 fully saturated rings. The van der Waals surface area contributed by atoms with Crippen LogP contribution in [0.3, 0.4) is 0 Å². The van der Waals surface area contributed by atoms with Gasteiger partial charge >= 0.3 is 23.9 Å². The first kappa shape index (κ1) is 39.8. The number of hydrogen-bond acceptors (Lipinski definition) is 14. The van der Waals surface area contributed by atoms with Crippen molar-refractivity contribution in [1.29, 1.82) is 0 Å². The molecule has 8 heterocycles. The van der Waals surface area contributed by atoms with Crippen molar-refractivity contribution >= 4 is 23.9 Å². The molecule has 0 aromatic rings. The molecule has 54 heavy (non-hydrogen) atoms. The van der Waals surface area contributed by atoms with Crippen LogP contribution in [-0.2, 0) is 67.1 Å². The standard InChI is InChI=1S/2C19H28O8/c2*1-10-4-5-13-11(2)16(23-15(22)7-6-14(20)21)24-17-19(13)12(10)8-9-18(3,25-17)26-27-19/h2*10-13,16-17H,4-9H2,1-3H3,(H,20,21)/t2*10-,11-,12+,13+,16-,17-,18-,19-/m11/s1. The highest BCUT2D eigenvalue weighted by molar-refractivity contribution is 5.77. The van der Waals surface area contributed by atoms with Gasteiger partial charge in [-0.1, -0.05) is 27.7 Å². The van der Waals surface area contributed by atoms with E-state index >= 15 is 0 Å². The molecule has 2 saturated carbocycles. The van der Waals surface area contributed by atoms with Gasteiger partial charge in [0.25, 0.3) is 0 Å². The van der Waals surface area contributed by atoms with Gasteiger partial charge in [0.05, 0.1) is 25.7 Å². The average molecular weight is 769 g/mol. The van der Waals surface area contributed by atoms with Gasteiger partial charge < -0.3 is 38.6 Å². The molecular weight excluding hydrogens is 712 g/mol. The van der Waals surface area contributed by atoms with Crippen LogP contribution in [0.1, 0.15) is 119 Å². The molecule has 2 spiro atoms. The Kier molecular flexibility index (Phi) is 10.9. The van der Waals surface area contributed by atoms with Crippen LogP contribution >= 0.6 is 0 Å². The molecule has 16 heteroatoms. The fourth-order valence-corrected chi connectivity index (χ4v) is 10.8. The summed E-state index contributed by atoms with van der Waals surface area (Å²) in [5.74, 6) is -3.65. The van der Waals surface area contributed by atoms with Crippen LogP contribution in [0.5, 0.6) is 0 Å². The highest BCUT2D eigenvalue weighted by Crippen LogP contribution is 2.62. The number of carbonyl (C=O) groups is 4. The predicted octanol–water partition coefficient (Wildman–Crippen LogP) is 5.20. The van der Waals surface area contributed by atoms with Crippen LogP contribution < -0.4 is 0 Å². The lowest BCUT2D eigenvalue weighted by Gasteiger charge is -2.59. The van der Waals surface area contributed by atoms with Gasteiger partial charge in [-0.05, 0) is 76.0 Å². The van der Waals surface area contributed by atoms with E-state index in [1.807, 2.05) is 27.7 Å². The lowest BCUT2D eigenvalue weighted by Crippen LogP contribution is -2.70. The zero-order valence-corrected chi connectivity index (χ0v) is 32.0. The minimum absolute atomic E-state index is 0.0670. The van der Waals surface area contributed by atoms with Crippen LogP contribution in [0.25, 0.3) is 0 Å². The van der Waals surface area contributed by atoms with Gasteiger partial charge in [-0.25, -0.2) is 19.6 Å². The van der Waals surface area contributed by atoms with Crippen molar-refractivity contribution in [3.63, 3.8) is 0 Å². The number of carboxylic acid groups (broad SMARTS) is 2. The van der Waals surface area contributed by atoms with Gasteiger partial charge in [0, 0.05) is 36.5 Å². The van der Waals surface area contributed by atoms with Gasteiger partial charge in [-0.3, -0.25) is 19.2 Å². The molecule has 0 radical (unpaired) electrons. The summed E-state index contributed by atoms with van der Waals surface area (Å²) in [5.41, 5.74) is -1.39. The van der Waals surface area contributed by atoms with Crippen LogP contribution in [-0.4, -0.2) is 82.0 Å². The van der Waals surface area contributed by atoms with Crippen molar-refractivity contribution in [2.45, 2.75) is 167 Å². The van der Waals surface area contributed by atoms with E-state index in [1.54, 1.807) is 0 Å². The molecule has 2 aliphatic carbocycles. The van der Waals surface area contributed by atoms with Gasteiger partial charge in [0.2, 0.25) is 24.2 Å². The Morgan fingerprint density at radius 3 is 1.31 bits per heavy atom. The topological polar surface area (TPSA) is 201 Å². The maximum Gasteiger partial charge on any atom is 0.308 e. The van der Waals surface area contributed by atoms with Crippen molar-refractivity contribution in [3.05, 3.63) is 0 Å². The Morgan fingerprint density at radius 2 is 0.944 bits per heavy atom. The predicted molar refractivity (Wildman–Crippen MR) is 180 cm³/mol. The summed E-state index contributed by atoms with van der Waals surface area (Å²) in [7, 11) is 0. The largest absolute Gasteiger partial charge is 0.481 e. The fraction of sp³-hybridized carbons (Fsp3) is 0.895. The van der Waals surface area contributed by atoms with Crippen molar-refractivity contribution in [3.8, 4) is 0 Å². The van der Waals surface area contributed by atoms with E-state index < -0.39 is 71.8 Å². The van der Waals surface area contributed by atoms with Crippen molar-refractivity contribution < 1.29 is 77.4 Å². The van der Waals surface area contributed by atoms with E-state index in [0.29, 0.717) is 24.7 Å². The number of aliphatic carboxylic acids is 2. The van der Waals surface area contributed by atoms with Crippen molar-refractivity contribution in [1.82, 2.24) is 0 Å². The third-order valence-electron chi connectivity index (χ3n) is 13.8. The number of rotatable bonds is 8. The lowest BCUT2D eigenvalue weighted by atomic mass is 9.58. The van der Waals surface area contributed by atoms with Crippen molar-refractivity contribution in [2.24, 2.45) is 47.3 Å². The highest BCUT2D eigenvalue weighted by atomic mass is 17.3. The summed E-state index contributed by atoms with van der Waals surface area (Å²) in [6, 6.07) is 0. The molecule has 304 valence electrons. The summed E-state index contributed by atoms with van der Waals surface area (Å²) in [5, 5.41) is 17.5. The first-order valence-electron chi connectivity index (χ1n) is 19.7. The van der Waals surface area contributed by atoms with Gasteiger partial charge in [-0.15, -0.1) is 0 Å². The maximum absolute atomic E-state index is 12.1. The lowest BCUT2D eigenvalue weighted by molar-refractivity contribution is -0.576. The monoisotopic (exact) mass is 768 g/mol. The van der Waals surface area contributed by atoms with Crippen LogP contribution in [0.15, 0.2) is 0 Å². The first-order chi connectivity index (χ1) is 25.5. The van der Waals surface area contributed by atoms with E-state index in [9.17, 15) is 19.2 Å². The summed E-state index contributed by atoms with van der Waals surface area (Å²) in [4.78, 5) is 69.0. The normalized spacial score (nSPS) is 48.4. The van der Waals surface area contributed by atoms with Gasteiger partial charge in [0.1, 0.15) is 0 Å². The molecule has 0 amide bonds. The van der Waals surface area contributed by atoms with E-state index in [1.165, 1.54) is 0 Å². The van der Waals surface area contributed by atoms with Crippen LogP contribution in [0.4, 0.5) is 0 Å². The number of carbonyl (C=O) groups excluding carboxylic acids is 2. The first-order valence-corrected chi connectivity index (χ1v) is 19.7. The molecular formula is C38H56O16. The van der Waals surface area contributed by atoms with E-state index in [2.05, 4.69) is 13.8 Å². The zero-order chi connectivity index (χ0) is 38.8. The zero-order valence-electron chi connectivity index (χ0n) is 32.0. The molecule has 4 bridgehead atoms. The van der Waals surface area contributed by atoms with E-state index in [0.717, 1.165) is 38.5 Å². The van der Waals surface area contributed by atoms with E-state index in [-0.39, 0.29) is 61.2 Å². The molecule has 16 atom stereocenters. The Bertz CT molecular complexity index is 1350. The Balaban J connectivity index is 0.000000167. The second-order valence-electron chi connectivity index (χ2n) is 17.3. The van der Waals surface area contributed by atoms with Gasteiger partial charge in [0.15, 0.2) is 23.8 Å². The Labute approximate surface area is 314 Å². The minimum atomic E-state index is -1.03. The number of hydrogen-bond donors (Lipinski definition) is 2. The van der Waals surface area contributed by atoms with Crippen molar-refractivity contribution in [2.75, 3.05) is 0 Å². The third kappa shape index (κ3) is 6.96. The van der Waals surface area contributed by atoms with Crippen LogP contribution in [0.2, 0.25) is 0 Å². The number of fused-ring (bicyclic) bond motifs is 4. The smallest absolute Gasteiger partial charge is 0.308 e. The Morgan fingerprint density at radius 1 is 0.556 bits per heavy atom. The molecule has 2 N–H and O–H groups in total. The number of ether oxygens (including phenoxy) is 6. The second kappa shape index (κ2) is 14.8. The SMILES string of the molecule is C[C@H]1[C@H](OC(=O)CCC(=O)O)O[C@@H]2O[C@@]3(C)CC[C@H]4[C@H](C)CC[C@@H]1[C@@]24OO3.C[C@H]1[C@H](OC(=O)CCC(=O)O)O[C@@H]2O[C@@]3(C)CC[C@H]4[C@H](C)CC[C@@H]1[C@@]24OO3. The molecule has 0 aromatic carbocycles. The third-order valence-corrected chi connectivity index (χ3v) is 13.8. The van der Waals surface area contributed by atoms with Gasteiger partial charge in [-0.2, -0.15) is 0 Å². The molecule has 16 nitrogen and oxygen atoms in total. The molecule has 8 saturated heterocycles. The minimum Gasteiger partial charge on any atom is -0.481 e.